The summed E-state index contributed by atoms with van der Waals surface area (Å²) >= 11 is 0. The molecule has 0 spiro atoms. The Morgan fingerprint density at radius 3 is 2.33 bits per heavy atom. The highest BCUT2D eigenvalue weighted by Gasteiger charge is 2.14. The number of rotatable bonds is 2. The first kappa shape index (κ1) is 8.26. The van der Waals surface area contributed by atoms with E-state index in [1.54, 1.807) is 6.07 Å². The normalized spacial score (nSPS) is 9.33. The summed E-state index contributed by atoms with van der Waals surface area (Å²) in [6.45, 7) is 0. The molecule has 0 aromatic heterocycles. The molecule has 1 aromatic carbocycles. The number of hydrogen-bond donors (Lipinski definition) is 2. The highest BCUT2D eigenvalue weighted by Crippen LogP contribution is 2.15. The number of benzene rings is 1. The van der Waals surface area contributed by atoms with E-state index in [9.17, 15) is 9.59 Å². The summed E-state index contributed by atoms with van der Waals surface area (Å²) in [5.41, 5.74) is 4.67. The maximum absolute atomic E-state index is 10.9. The number of amides is 1. The zero-order valence-corrected chi connectivity index (χ0v) is 6.15. The van der Waals surface area contributed by atoms with Gasteiger partial charge in [0.2, 0.25) is 0 Å². The molecule has 1 rings (SSSR count). The Bertz CT molecular complexity index is 333. The Morgan fingerprint density at radius 1 is 1.25 bits per heavy atom. The monoisotopic (exact) mass is 165 g/mol. The standard InChI is InChI=1S/C8H7NO3/c9-8(12)7(11)5-3-1-2-4-6(5)10/h1-4,10H,(H2,9,12). The number of primary amides is 1. The van der Waals surface area contributed by atoms with E-state index >= 15 is 0 Å². The number of para-hydroxylation sites is 1. The SMILES string of the molecule is NC(=O)C(=O)c1ccccc1O. The fraction of sp³-hybridized carbons (Fsp3) is 0. The predicted octanol–water partition coefficient (Wildman–Crippen LogP) is 0.0602. The van der Waals surface area contributed by atoms with Gasteiger partial charge in [-0.2, -0.15) is 0 Å². The van der Waals surface area contributed by atoms with Crippen molar-refractivity contribution in [3.8, 4) is 5.75 Å². The van der Waals surface area contributed by atoms with Crippen LogP contribution in [0.1, 0.15) is 10.4 Å². The molecule has 12 heavy (non-hydrogen) atoms. The zero-order chi connectivity index (χ0) is 9.14. The van der Waals surface area contributed by atoms with E-state index in [2.05, 4.69) is 0 Å². The number of carbonyl (C=O) groups is 2. The van der Waals surface area contributed by atoms with Crippen LogP contribution >= 0.6 is 0 Å². The van der Waals surface area contributed by atoms with E-state index in [0.717, 1.165) is 0 Å². The summed E-state index contributed by atoms with van der Waals surface area (Å²) in [6, 6.07) is 5.74. The van der Waals surface area contributed by atoms with Crippen LogP contribution in [0.3, 0.4) is 0 Å². The topological polar surface area (TPSA) is 80.4 Å². The van der Waals surface area contributed by atoms with Crippen molar-refractivity contribution >= 4 is 11.7 Å². The molecule has 0 bridgehead atoms. The van der Waals surface area contributed by atoms with E-state index in [-0.39, 0.29) is 11.3 Å². The minimum Gasteiger partial charge on any atom is -0.507 e. The van der Waals surface area contributed by atoms with Crippen molar-refractivity contribution < 1.29 is 14.7 Å². The van der Waals surface area contributed by atoms with Gasteiger partial charge in [-0.3, -0.25) is 9.59 Å². The smallest absolute Gasteiger partial charge is 0.289 e. The van der Waals surface area contributed by atoms with Crippen LogP contribution in [-0.4, -0.2) is 16.8 Å². The molecule has 3 N–H and O–H groups in total. The summed E-state index contributed by atoms with van der Waals surface area (Å²) in [5.74, 6) is -2.19. The van der Waals surface area contributed by atoms with Gasteiger partial charge >= 0.3 is 0 Å². The van der Waals surface area contributed by atoms with Crippen LogP contribution in [0, 0.1) is 0 Å². The van der Waals surface area contributed by atoms with Crippen molar-refractivity contribution in [1.29, 1.82) is 0 Å². The molecule has 0 atom stereocenters. The fourth-order valence-corrected chi connectivity index (χ4v) is 0.798. The van der Waals surface area contributed by atoms with Gasteiger partial charge in [0.25, 0.3) is 11.7 Å². The van der Waals surface area contributed by atoms with Crippen LogP contribution in [0.4, 0.5) is 0 Å². The Hall–Kier alpha value is -1.84. The quantitative estimate of drug-likeness (QED) is 0.480. The van der Waals surface area contributed by atoms with Crippen LogP contribution in [0.2, 0.25) is 0 Å². The number of Topliss-reactive ketones (excluding diaryl/α,β-unsaturated/α-hetero) is 1. The van der Waals surface area contributed by atoms with Gasteiger partial charge in [-0.15, -0.1) is 0 Å². The number of nitrogens with two attached hydrogens (primary N) is 1. The molecule has 0 aliphatic heterocycles. The lowest BCUT2D eigenvalue weighted by atomic mass is 10.1. The van der Waals surface area contributed by atoms with Crippen LogP contribution in [0.15, 0.2) is 24.3 Å². The molecule has 0 saturated carbocycles. The van der Waals surface area contributed by atoms with Gasteiger partial charge < -0.3 is 10.8 Å². The van der Waals surface area contributed by atoms with Crippen LogP contribution < -0.4 is 5.73 Å². The third kappa shape index (κ3) is 1.42. The van der Waals surface area contributed by atoms with E-state index in [4.69, 9.17) is 10.8 Å². The van der Waals surface area contributed by atoms with E-state index < -0.39 is 11.7 Å². The lowest BCUT2D eigenvalue weighted by Gasteiger charge is -1.98. The summed E-state index contributed by atoms with van der Waals surface area (Å²) in [4.78, 5) is 21.3. The third-order valence-corrected chi connectivity index (χ3v) is 1.37. The van der Waals surface area contributed by atoms with Crippen molar-refractivity contribution in [1.82, 2.24) is 0 Å². The van der Waals surface area contributed by atoms with Crippen LogP contribution in [0.5, 0.6) is 5.75 Å². The maximum atomic E-state index is 10.9. The van der Waals surface area contributed by atoms with Crippen molar-refractivity contribution in [3.05, 3.63) is 29.8 Å². The molecule has 1 amide bonds. The molecule has 1 aromatic rings. The lowest BCUT2D eigenvalue weighted by molar-refractivity contribution is -0.114. The fourth-order valence-electron chi connectivity index (χ4n) is 0.798. The summed E-state index contributed by atoms with van der Waals surface area (Å²) in [7, 11) is 0. The van der Waals surface area contributed by atoms with Gasteiger partial charge in [0.15, 0.2) is 0 Å². The summed E-state index contributed by atoms with van der Waals surface area (Å²) in [6.07, 6.45) is 0. The van der Waals surface area contributed by atoms with Gasteiger partial charge in [-0.05, 0) is 12.1 Å². The van der Waals surface area contributed by atoms with Gasteiger partial charge in [0.1, 0.15) is 5.75 Å². The first-order chi connectivity index (χ1) is 5.63. The van der Waals surface area contributed by atoms with E-state index in [1.165, 1.54) is 18.2 Å². The maximum Gasteiger partial charge on any atom is 0.289 e. The zero-order valence-electron chi connectivity index (χ0n) is 6.15. The lowest BCUT2D eigenvalue weighted by Crippen LogP contribution is -2.23. The van der Waals surface area contributed by atoms with Gasteiger partial charge in [0.05, 0.1) is 5.56 Å². The summed E-state index contributed by atoms with van der Waals surface area (Å²) in [5, 5.41) is 9.10. The first-order valence-corrected chi connectivity index (χ1v) is 3.25. The Morgan fingerprint density at radius 2 is 1.83 bits per heavy atom. The molecule has 4 heteroatoms. The van der Waals surface area contributed by atoms with Gasteiger partial charge in [-0.1, -0.05) is 12.1 Å². The van der Waals surface area contributed by atoms with Crippen molar-refractivity contribution in [2.75, 3.05) is 0 Å². The Labute approximate surface area is 68.6 Å². The van der Waals surface area contributed by atoms with Gasteiger partial charge in [-0.25, -0.2) is 0 Å². The largest absolute Gasteiger partial charge is 0.507 e. The van der Waals surface area contributed by atoms with Crippen molar-refractivity contribution in [3.63, 3.8) is 0 Å². The minimum atomic E-state index is -1.07. The second kappa shape index (κ2) is 3.04. The van der Waals surface area contributed by atoms with E-state index in [1.807, 2.05) is 0 Å². The van der Waals surface area contributed by atoms with E-state index in [0.29, 0.717) is 0 Å². The second-order valence-corrected chi connectivity index (χ2v) is 2.21. The first-order valence-electron chi connectivity index (χ1n) is 3.25. The molecule has 0 fully saturated rings. The van der Waals surface area contributed by atoms with Crippen molar-refractivity contribution in [2.24, 2.45) is 5.73 Å². The minimum absolute atomic E-state index is 0.0648. The highest BCUT2D eigenvalue weighted by molar-refractivity contribution is 6.42. The predicted molar refractivity (Wildman–Crippen MR) is 41.6 cm³/mol. The molecule has 4 nitrogen and oxygen atoms in total. The van der Waals surface area contributed by atoms with Crippen molar-refractivity contribution in [2.45, 2.75) is 0 Å². The molecular formula is C8H7NO3. The molecule has 0 heterocycles. The molecule has 0 saturated heterocycles. The second-order valence-electron chi connectivity index (χ2n) is 2.21. The average molecular weight is 165 g/mol. The number of carbonyl (C=O) groups excluding carboxylic acids is 2. The highest BCUT2D eigenvalue weighted by atomic mass is 16.3. The molecule has 0 aliphatic carbocycles. The molecule has 0 unspecified atom stereocenters. The molecule has 62 valence electrons. The number of ketones is 1. The third-order valence-electron chi connectivity index (χ3n) is 1.37. The summed E-state index contributed by atoms with van der Waals surface area (Å²) < 4.78 is 0. The molecular weight excluding hydrogens is 158 g/mol. The number of hydrogen-bond acceptors (Lipinski definition) is 3. The Balaban J connectivity index is 3.11. The molecule has 0 aliphatic rings. The van der Waals surface area contributed by atoms with Crippen LogP contribution in [-0.2, 0) is 4.79 Å². The van der Waals surface area contributed by atoms with Gasteiger partial charge in [0, 0.05) is 0 Å². The van der Waals surface area contributed by atoms with Crippen LogP contribution in [0.25, 0.3) is 0 Å². The number of phenolic OH excluding ortho intramolecular Hbond substituents is 1. The Kier molecular flexibility index (Phi) is 2.09. The molecule has 0 radical (unpaired) electrons. The average Bonchev–Trinajstić information content (AvgIpc) is 2.04. The number of phenols is 1. The number of aromatic hydroxyl groups is 1.